The second kappa shape index (κ2) is 7.27. The van der Waals surface area contributed by atoms with Crippen LogP contribution in [0.1, 0.15) is 0 Å². The Morgan fingerprint density at radius 3 is 1.85 bits per heavy atom. The molecule has 0 fully saturated rings. The van der Waals surface area contributed by atoms with Crippen LogP contribution in [-0.4, -0.2) is 13.3 Å². The van der Waals surface area contributed by atoms with Gasteiger partial charge in [-0.2, -0.15) is 4.79 Å². The maximum absolute atomic E-state index is 11.6. The lowest BCUT2D eigenvalue weighted by atomic mass is 10.3. The van der Waals surface area contributed by atoms with E-state index in [2.05, 4.69) is 0 Å². The molecular weight excluding hydrogens is 277 g/mol. The molecule has 0 amide bonds. The fraction of sp³-hybridized carbons (Fsp3) is 0. The van der Waals surface area contributed by atoms with Crippen LogP contribution in [0.2, 0.25) is 0 Å². The second-order valence-electron chi connectivity index (χ2n) is 3.46. The molecule has 0 aliphatic rings. The molecule has 0 atom stereocenters. The topological polar surface area (TPSA) is 30.2 Å². The van der Waals surface area contributed by atoms with Gasteiger partial charge in [0.1, 0.15) is 5.75 Å². The smallest absolute Gasteiger partial charge is 0.418 e. The molecule has 1 aromatic carbocycles. The Balaban J connectivity index is 0.000000347. The van der Waals surface area contributed by atoms with E-state index in [0.717, 1.165) is 0 Å². The molecule has 2 aromatic rings. The first-order valence-electron chi connectivity index (χ1n) is 5.47. The molecule has 0 bridgehead atoms. The molecule has 20 heavy (non-hydrogen) atoms. The van der Waals surface area contributed by atoms with Crippen LogP contribution in [0.3, 0.4) is 0 Å². The van der Waals surface area contributed by atoms with Gasteiger partial charge in [-0.25, -0.2) is 0 Å². The predicted octanol–water partition coefficient (Wildman–Crippen LogP) is 3.32. The predicted molar refractivity (Wildman–Crippen MR) is 64.7 cm³/mol. The van der Waals surface area contributed by atoms with Crippen molar-refractivity contribution in [2.75, 3.05) is 0 Å². The van der Waals surface area contributed by atoms with E-state index >= 15 is 0 Å². The highest BCUT2D eigenvalue weighted by molar-refractivity contribution is 6.50. The van der Waals surface area contributed by atoms with Crippen LogP contribution in [0, 0.1) is 0 Å². The molecule has 3 nitrogen and oxygen atoms in total. The Morgan fingerprint density at radius 1 is 0.900 bits per heavy atom. The van der Waals surface area contributed by atoms with E-state index in [-0.39, 0.29) is 0 Å². The summed E-state index contributed by atoms with van der Waals surface area (Å²) in [6.07, 6.45) is 2.87. The SMILES string of the molecule is F[B-](F)(F)F.O=C(Oc1ccccc1)[n+]1ccccc1. The standard InChI is InChI=1S/C12H10NO2.BF4/c14-12(13-9-5-2-6-10-13)15-11-7-3-1-4-8-11;2-1(3,4)5/h1-10H;/q+1;-1. The Morgan fingerprint density at radius 2 is 1.35 bits per heavy atom. The van der Waals surface area contributed by atoms with Crippen LogP contribution >= 0.6 is 0 Å². The summed E-state index contributed by atoms with van der Waals surface area (Å²) in [7, 11) is -6.00. The monoisotopic (exact) mass is 287 g/mol. The highest BCUT2D eigenvalue weighted by Crippen LogP contribution is 2.08. The van der Waals surface area contributed by atoms with Gasteiger partial charge >= 0.3 is 13.3 Å². The van der Waals surface area contributed by atoms with E-state index in [9.17, 15) is 22.1 Å². The number of rotatable bonds is 1. The molecule has 0 N–H and O–H groups in total. The molecule has 8 heteroatoms. The average Bonchev–Trinajstić information content (AvgIpc) is 2.39. The largest absolute Gasteiger partial charge is 0.673 e. The van der Waals surface area contributed by atoms with Crippen LogP contribution in [-0.2, 0) is 0 Å². The van der Waals surface area contributed by atoms with Gasteiger partial charge in [-0.1, -0.05) is 28.8 Å². The minimum Gasteiger partial charge on any atom is -0.418 e. The van der Waals surface area contributed by atoms with Crippen LogP contribution in [0.25, 0.3) is 0 Å². The summed E-state index contributed by atoms with van der Waals surface area (Å²) in [6.45, 7) is 0. The summed E-state index contributed by atoms with van der Waals surface area (Å²) in [4.78, 5) is 11.6. The van der Waals surface area contributed by atoms with Crippen molar-refractivity contribution in [2.24, 2.45) is 0 Å². The Labute approximate surface area is 112 Å². The van der Waals surface area contributed by atoms with Crippen molar-refractivity contribution in [2.45, 2.75) is 0 Å². The number of carbonyl (C=O) groups excluding carboxylic acids is 1. The van der Waals surface area contributed by atoms with Gasteiger partial charge in [0, 0.05) is 12.1 Å². The Bertz CT molecular complexity index is 528. The molecule has 2 rings (SSSR count). The van der Waals surface area contributed by atoms with Crippen LogP contribution in [0.4, 0.5) is 22.1 Å². The number of benzene rings is 1. The normalized spacial score (nSPS) is 10.2. The van der Waals surface area contributed by atoms with Crippen molar-refractivity contribution in [1.82, 2.24) is 0 Å². The first kappa shape index (κ1) is 15.7. The zero-order chi connectivity index (χ0) is 15.0. The van der Waals surface area contributed by atoms with E-state index in [0.29, 0.717) is 5.75 Å². The number of hydrogen-bond donors (Lipinski definition) is 0. The van der Waals surface area contributed by atoms with E-state index in [1.807, 2.05) is 24.3 Å². The number of nitrogens with zero attached hydrogens (tertiary/aromatic N) is 1. The van der Waals surface area contributed by atoms with E-state index in [4.69, 9.17) is 4.74 Å². The second-order valence-corrected chi connectivity index (χ2v) is 3.46. The molecule has 0 unspecified atom stereocenters. The highest BCUT2D eigenvalue weighted by atomic mass is 19.5. The Hall–Kier alpha value is -2.38. The number of para-hydroxylation sites is 1. The summed E-state index contributed by atoms with van der Waals surface area (Å²) in [5, 5.41) is 0. The molecule has 1 heterocycles. The molecule has 0 aliphatic heterocycles. The third kappa shape index (κ3) is 7.15. The van der Waals surface area contributed by atoms with Gasteiger partial charge in [0.15, 0.2) is 12.4 Å². The number of halogens is 4. The van der Waals surface area contributed by atoms with Crippen LogP contribution in [0.5, 0.6) is 5.75 Å². The van der Waals surface area contributed by atoms with Crippen molar-refractivity contribution >= 4 is 13.3 Å². The summed E-state index contributed by atoms with van der Waals surface area (Å²) in [5.74, 6) is 0.541. The van der Waals surface area contributed by atoms with Gasteiger partial charge in [0.25, 0.3) is 0 Å². The summed E-state index contributed by atoms with van der Waals surface area (Å²) in [6, 6.07) is 14.4. The third-order valence-electron chi connectivity index (χ3n) is 1.87. The van der Waals surface area contributed by atoms with E-state index in [1.165, 1.54) is 4.57 Å². The molecular formula is C12H10BF4NO2. The fourth-order valence-electron chi connectivity index (χ4n) is 1.16. The molecule has 0 aliphatic carbocycles. The minimum absolute atomic E-state index is 0.415. The number of hydrogen-bond acceptors (Lipinski definition) is 2. The average molecular weight is 287 g/mol. The lowest BCUT2D eigenvalue weighted by Crippen LogP contribution is -2.44. The van der Waals surface area contributed by atoms with Crippen LogP contribution in [0.15, 0.2) is 60.9 Å². The maximum atomic E-state index is 11.6. The van der Waals surface area contributed by atoms with Gasteiger partial charge < -0.3 is 22.0 Å². The molecule has 0 saturated carbocycles. The molecule has 0 spiro atoms. The fourth-order valence-corrected chi connectivity index (χ4v) is 1.16. The lowest BCUT2D eigenvalue weighted by Gasteiger charge is -1.97. The Kier molecular flexibility index (Phi) is 5.70. The summed E-state index contributed by atoms with van der Waals surface area (Å²) in [5.41, 5.74) is 0. The first-order chi connectivity index (χ1) is 9.36. The number of ether oxygens (including phenoxy) is 1. The first-order valence-corrected chi connectivity index (χ1v) is 5.47. The third-order valence-corrected chi connectivity index (χ3v) is 1.87. The van der Waals surface area contributed by atoms with Crippen LogP contribution < -0.4 is 9.30 Å². The van der Waals surface area contributed by atoms with Gasteiger partial charge in [-0.05, 0) is 12.1 Å². The summed E-state index contributed by atoms with van der Waals surface area (Å²) < 4.78 is 45.5. The van der Waals surface area contributed by atoms with Crippen molar-refractivity contribution < 1.29 is 31.4 Å². The quantitative estimate of drug-likeness (QED) is 0.457. The van der Waals surface area contributed by atoms with Gasteiger partial charge in [0.2, 0.25) is 0 Å². The minimum atomic E-state index is -6.00. The van der Waals surface area contributed by atoms with Crippen molar-refractivity contribution in [3.8, 4) is 5.75 Å². The molecule has 1 aromatic heterocycles. The van der Waals surface area contributed by atoms with Crippen molar-refractivity contribution in [1.29, 1.82) is 0 Å². The number of aromatic nitrogens is 1. The molecule has 0 saturated heterocycles. The number of carbonyl (C=O) groups is 1. The van der Waals surface area contributed by atoms with Crippen molar-refractivity contribution in [3.05, 3.63) is 60.9 Å². The van der Waals surface area contributed by atoms with Gasteiger partial charge in [0.05, 0.1) is 0 Å². The molecule has 0 radical (unpaired) electrons. The van der Waals surface area contributed by atoms with Gasteiger partial charge in [-0.3, -0.25) is 0 Å². The van der Waals surface area contributed by atoms with Crippen molar-refractivity contribution in [3.63, 3.8) is 0 Å². The zero-order valence-electron chi connectivity index (χ0n) is 10.1. The summed E-state index contributed by atoms with van der Waals surface area (Å²) >= 11 is 0. The maximum Gasteiger partial charge on any atom is 0.673 e. The number of pyridine rings is 1. The molecule has 106 valence electrons. The van der Waals surface area contributed by atoms with Gasteiger partial charge in [-0.15, -0.1) is 0 Å². The van der Waals surface area contributed by atoms with E-state index in [1.54, 1.807) is 36.7 Å². The lowest BCUT2D eigenvalue weighted by molar-refractivity contribution is -0.582. The zero-order valence-corrected chi connectivity index (χ0v) is 10.1. The highest BCUT2D eigenvalue weighted by Gasteiger charge is 2.20. The van der Waals surface area contributed by atoms with E-state index < -0.39 is 13.3 Å².